The number of ether oxygens (including phenoxy) is 1. The number of fused-ring (bicyclic) bond motifs is 1. The summed E-state index contributed by atoms with van der Waals surface area (Å²) in [6, 6.07) is 8.50. The molecule has 180 valence electrons. The van der Waals surface area contributed by atoms with E-state index in [2.05, 4.69) is 53.2 Å². The Bertz CT molecular complexity index is 1190. The molecule has 0 aliphatic rings. The first kappa shape index (κ1) is 25.4. The normalized spacial score (nSPS) is 11.7. The third-order valence-electron chi connectivity index (χ3n) is 5.31. The Kier molecular flexibility index (Phi) is 8.41. The van der Waals surface area contributed by atoms with E-state index in [0.29, 0.717) is 52.5 Å². The van der Waals surface area contributed by atoms with E-state index in [1.807, 2.05) is 6.08 Å². The van der Waals surface area contributed by atoms with Crippen molar-refractivity contribution in [2.75, 3.05) is 24.3 Å². The van der Waals surface area contributed by atoms with Crippen LogP contribution in [0.3, 0.4) is 0 Å². The maximum absolute atomic E-state index is 13.5. The largest absolute Gasteiger partial charge is 0.494 e. The van der Waals surface area contributed by atoms with E-state index in [1.54, 1.807) is 18.2 Å². The fourth-order valence-corrected chi connectivity index (χ4v) is 3.82. The highest BCUT2D eigenvalue weighted by atomic mass is 35.5. The predicted molar refractivity (Wildman–Crippen MR) is 136 cm³/mol. The minimum atomic E-state index is -0.507. The van der Waals surface area contributed by atoms with E-state index in [1.165, 1.54) is 31.6 Å². The third-order valence-corrected chi connectivity index (χ3v) is 5.60. The Labute approximate surface area is 204 Å². The number of halogens is 2. The molecule has 0 unspecified atom stereocenters. The van der Waals surface area contributed by atoms with E-state index in [0.717, 1.165) is 0 Å². The lowest BCUT2D eigenvalue weighted by Gasteiger charge is -2.29. The molecule has 3 aromatic rings. The Hall–Kier alpha value is -3.23. The molecule has 3 rings (SSSR count). The van der Waals surface area contributed by atoms with Gasteiger partial charge in [-0.15, -0.1) is 0 Å². The van der Waals surface area contributed by atoms with E-state index in [4.69, 9.17) is 16.3 Å². The summed E-state index contributed by atoms with van der Waals surface area (Å²) >= 11 is 5.89. The Morgan fingerprint density at radius 3 is 2.56 bits per heavy atom. The molecule has 0 aliphatic heterocycles. The van der Waals surface area contributed by atoms with Gasteiger partial charge in [0.25, 0.3) is 0 Å². The lowest BCUT2D eigenvalue weighted by atomic mass is 10.1. The molecule has 2 aromatic carbocycles. The quantitative estimate of drug-likeness (QED) is 0.373. The lowest BCUT2D eigenvalue weighted by molar-refractivity contribution is -0.111. The molecule has 1 heterocycles. The molecule has 0 saturated heterocycles. The Balaban J connectivity index is 1.85. The number of carbonyl (C=O) groups excluding carboxylic acids is 1. The fraction of sp³-hybridized carbons (Fsp3) is 0.320. The van der Waals surface area contributed by atoms with Crippen molar-refractivity contribution in [1.29, 1.82) is 0 Å². The summed E-state index contributed by atoms with van der Waals surface area (Å²) in [7, 11) is 1.52. The van der Waals surface area contributed by atoms with Crippen LogP contribution in [0.25, 0.3) is 10.9 Å². The highest BCUT2D eigenvalue weighted by molar-refractivity contribution is 6.31. The predicted octanol–water partition coefficient (Wildman–Crippen LogP) is 5.79. The molecular weight excluding hydrogens is 457 g/mol. The van der Waals surface area contributed by atoms with Gasteiger partial charge in [0, 0.05) is 41.8 Å². The van der Waals surface area contributed by atoms with E-state index in [9.17, 15) is 9.18 Å². The molecule has 0 radical (unpaired) electrons. The molecule has 0 fully saturated rings. The maximum atomic E-state index is 13.5. The van der Waals surface area contributed by atoms with Crippen LogP contribution in [-0.2, 0) is 4.79 Å². The van der Waals surface area contributed by atoms with Crippen LogP contribution >= 0.6 is 11.6 Å². The van der Waals surface area contributed by atoms with Gasteiger partial charge >= 0.3 is 0 Å². The number of aromatic nitrogens is 2. The van der Waals surface area contributed by atoms with Gasteiger partial charge in [0.05, 0.1) is 23.3 Å². The van der Waals surface area contributed by atoms with Crippen molar-refractivity contribution in [2.24, 2.45) is 0 Å². The lowest BCUT2D eigenvalue weighted by Crippen LogP contribution is -2.37. The zero-order valence-corrected chi connectivity index (χ0v) is 20.7. The van der Waals surface area contributed by atoms with Gasteiger partial charge in [0.2, 0.25) is 5.91 Å². The molecular formula is C25H29ClFN5O2. The van der Waals surface area contributed by atoms with Crippen molar-refractivity contribution in [3.05, 3.63) is 59.7 Å². The van der Waals surface area contributed by atoms with Crippen LogP contribution in [0.15, 0.2) is 48.8 Å². The first-order valence-electron chi connectivity index (χ1n) is 11.0. The molecule has 2 N–H and O–H groups in total. The standard InChI is InChI=1S/C25H29ClFN5O2/c1-15(2)32(16(3)4)10-6-7-24(33)31-22-12-18-21(13-23(22)34-5)28-14-29-25(18)30-17-8-9-20(27)19(26)11-17/h6-9,11-16H,10H2,1-5H3,(H,31,33)(H,28,29,30)/b7-6+. The van der Waals surface area contributed by atoms with Gasteiger partial charge in [-0.05, 0) is 52.0 Å². The second-order valence-electron chi connectivity index (χ2n) is 8.32. The number of rotatable bonds is 9. The van der Waals surface area contributed by atoms with Crippen LogP contribution < -0.4 is 15.4 Å². The number of nitrogens with one attached hydrogen (secondary N) is 2. The summed E-state index contributed by atoms with van der Waals surface area (Å²) in [5, 5.41) is 6.64. The molecule has 34 heavy (non-hydrogen) atoms. The summed E-state index contributed by atoms with van der Waals surface area (Å²) in [6.45, 7) is 9.17. The van der Waals surface area contributed by atoms with Crippen LogP contribution in [0.1, 0.15) is 27.7 Å². The van der Waals surface area contributed by atoms with E-state index in [-0.39, 0.29) is 10.9 Å². The Morgan fingerprint density at radius 1 is 1.18 bits per heavy atom. The third kappa shape index (κ3) is 6.21. The number of nitrogens with zero attached hydrogens (tertiary/aromatic N) is 3. The molecule has 0 spiro atoms. The average molecular weight is 486 g/mol. The fourth-order valence-electron chi connectivity index (χ4n) is 3.63. The zero-order chi connectivity index (χ0) is 24.8. The van der Waals surface area contributed by atoms with E-state index >= 15 is 0 Å². The van der Waals surface area contributed by atoms with Gasteiger partial charge in [-0.3, -0.25) is 9.69 Å². The van der Waals surface area contributed by atoms with Gasteiger partial charge in [-0.25, -0.2) is 14.4 Å². The van der Waals surface area contributed by atoms with Crippen LogP contribution in [0.2, 0.25) is 5.02 Å². The second-order valence-corrected chi connectivity index (χ2v) is 8.73. The van der Waals surface area contributed by atoms with Crippen molar-refractivity contribution < 1.29 is 13.9 Å². The molecule has 0 saturated carbocycles. The molecule has 1 aromatic heterocycles. The van der Waals surface area contributed by atoms with Crippen molar-refractivity contribution in [2.45, 2.75) is 39.8 Å². The summed E-state index contributed by atoms with van der Waals surface area (Å²) in [5.41, 5.74) is 1.65. The van der Waals surface area contributed by atoms with Gasteiger partial charge in [0.1, 0.15) is 23.7 Å². The van der Waals surface area contributed by atoms with Crippen molar-refractivity contribution in [3.8, 4) is 5.75 Å². The van der Waals surface area contributed by atoms with Crippen molar-refractivity contribution >= 4 is 45.6 Å². The minimum Gasteiger partial charge on any atom is -0.494 e. The van der Waals surface area contributed by atoms with Crippen LogP contribution in [-0.4, -0.2) is 46.5 Å². The van der Waals surface area contributed by atoms with Gasteiger partial charge in [-0.1, -0.05) is 17.7 Å². The molecule has 0 aliphatic carbocycles. The number of anilines is 3. The zero-order valence-electron chi connectivity index (χ0n) is 19.9. The average Bonchev–Trinajstić information content (AvgIpc) is 2.78. The van der Waals surface area contributed by atoms with Crippen molar-refractivity contribution in [3.63, 3.8) is 0 Å². The number of carbonyl (C=O) groups is 1. The molecule has 7 nitrogen and oxygen atoms in total. The molecule has 0 atom stereocenters. The van der Waals surface area contributed by atoms with E-state index < -0.39 is 5.82 Å². The number of hydrogen-bond donors (Lipinski definition) is 2. The summed E-state index contributed by atoms with van der Waals surface area (Å²) in [6.07, 6.45) is 4.77. The number of methoxy groups -OCH3 is 1. The maximum Gasteiger partial charge on any atom is 0.248 e. The first-order chi connectivity index (χ1) is 16.2. The van der Waals surface area contributed by atoms with Crippen LogP contribution in [0.4, 0.5) is 21.6 Å². The summed E-state index contributed by atoms with van der Waals surface area (Å²) in [5.74, 6) is 0.162. The van der Waals surface area contributed by atoms with Crippen LogP contribution in [0.5, 0.6) is 5.75 Å². The van der Waals surface area contributed by atoms with Crippen LogP contribution in [0, 0.1) is 5.82 Å². The summed E-state index contributed by atoms with van der Waals surface area (Å²) in [4.78, 5) is 23.5. The smallest absolute Gasteiger partial charge is 0.248 e. The van der Waals surface area contributed by atoms with Gasteiger partial charge in [-0.2, -0.15) is 0 Å². The highest BCUT2D eigenvalue weighted by Crippen LogP contribution is 2.33. The molecule has 0 bridgehead atoms. The van der Waals surface area contributed by atoms with Crippen molar-refractivity contribution in [1.82, 2.24) is 14.9 Å². The molecule has 1 amide bonds. The minimum absolute atomic E-state index is 0.00160. The SMILES string of the molecule is COc1cc2ncnc(Nc3ccc(F)c(Cl)c3)c2cc1NC(=O)/C=C/CN(C(C)C)C(C)C. The Morgan fingerprint density at radius 2 is 1.91 bits per heavy atom. The topological polar surface area (TPSA) is 79.4 Å². The van der Waals surface area contributed by atoms with Gasteiger partial charge in [0.15, 0.2) is 0 Å². The highest BCUT2D eigenvalue weighted by Gasteiger charge is 2.14. The van der Waals surface area contributed by atoms with Gasteiger partial charge < -0.3 is 15.4 Å². The monoisotopic (exact) mass is 485 g/mol. The number of benzene rings is 2. The first-order valence-corrected chi connectivity index (χ1v) is 11.4. The number of amides is 1. The summed E-state index contributed by atoms with van der Waals surface area (Å²) < 4.78 is 19.0. The molecule has 9 heteroatoms. The number of hydrogen-bond acceptors (Lipinski definition) is 6. The second kappa shape index (κ2) is 11.3.